The van der Waals surface area contributed by atoms with Crippen molar-refractivity contribution in [2.75, 3.05) is 36.0 Å². The molecule has 2 N–H and O–H groups in total. The van der Waals surface area contributed by atoms with Crippen molar-refractivity contribution in [3.05, 3.63) is 53.7 Å². The number of hydrogen-bond donors (Lipinski definition) is 1. The molecule has 0 radical (unpaired) electrons. The fourth-order valence-electron chi connectivity index (χ4n) is 4.31. The number of amides is 2. The van der Waals surface area contributed by atoms with Gasteiger partial charge in [-0.1, -0.05) is 24.3 Å². The van der Waals surface area contributed by atoms with E-state index in [9.17, 15) is 9.59 Å². The highest BCUT2D eigenvalue weighted by Gasteiger charge is 2.47. The van der Waals surface area contributed by atoms with E-state index in [2.05, 4.69) is 16.0 Å². The first-order valence-corrected chi connectivity index (χ1v) is 9.55. The van der Waals surface area contributed by atoms with Crippen molar-refractivity contribution in [2.45, 2.75) is 26.3 Å². The maximum atomic E-state index is 13.1. The second-order valence-corrected chi connectivity index (χ2v) is 7.46. The van der Waals surface area contributed by atoms with Gasteiger partial charge < -0.3 is 4.90 Å². The number of para-hydroxylation sites is 1. The van der Waals surface area contributed by atoms with Gasteiger partial charge in [-0.25, -0.2) is 9.88 Å². The van der Waals surface area contributed by atoms with E-state index < -0.39 is 0 Å². The van der Waals surface area contributed by atoms with Crippen LogP contribution in [0, 0.1) is 13.8 Å². The molecular weight excluding hydrogens is 340 g/mol. The minimum atomic E-state index is -0.265. The summed E-state index contributed by atoms with van der Waals surface area (Å²) < 4.78 is 0. The lowest BCUT2D eigenvalue weighted by molar-refractivity contribution is -0.915. The molecular formula is C21H26N4O2+2. The van der Waals surface area contributed by atoms with Crippen LogP contribution < -0.4 is 19.7 Å². The fraction of sp³-hybridized carbons (Fsp3) is 0.381. The van der Waals surface area contributed by atoms with E-state index in [4.69, 9.17) is 0 Å². The minimum Gasteiger partial charge on any atom is -0.318 e. The first-order chi connectivity index (χ1) is 13.1. The molecule has 0 unspecified atom stereocenters. The molecule has 27 heavy (non-hydrogen) atoms. The van der Waals surface area contributed by atoms with Gasteiger partial charge in [0, 0.05) is 6.07 Å². The van der Waals surface area contributed by atoms with Crippen molar-refractivity contribution < 1.29 is 19.5 Å². The SMILES string of the molecule is Cc1cccc(C)c1N1C(=O)C[C@@H]([NH+]2CCN(c3cccc[nH+]3)CC2)C1=O. The molecule has 2 aromatic rings. The van der Waals surface area contributed by atoms with Crippen molar-refractivity contribution in [3.8, 4) is 0 Å². The maximum absolute atomic E-state index is 13.1. The van der Waals surface area contributed by atoms with Gasteiger partial charge >= 0.3 is 0 Å². The van der Waals surface area contributed by atoms with Crippen molar-refractivity contribution in [2.24, 2.45) is 0 Å². The highest BCUT2D eigenvalue weighted by molar-refractivity contribution is 6.22. The van der Waals surface area contributed by atoms with E-state index in [1.807, 2.05) is 50.4 Å². The summed E-state index contributed by atoms with van der Waals surface area (Å²) >= 11 is 0. The van der Waals surface area contributed by atoms with E-state index in [-0.39, 0.29) is 17.9 Å². The number of piperazine rings is 1. The third-order valence-corrected chi connectivity index (χ3v) is 5.74. The normalized spacial score (nSPS) is 21.2. The van der Waals surface area contributed by atoms with Crippen LogP contribution in [0.25, 0.3) is 0 Å². The molecule has 0 saturated carbocycles. The predicted octanol–water partition coefficient (Wildman–Crippen LogP) is 0.155. The number of imide groups is 1. The lowest BCUT2D eigenvalue weighted by atomic mass is 10.1. The van der Waals surface area contributed by atoms with Crippen molar-refractivity contribution in [1.82, 2.24) is 0 Å². The van der Waals surface area contributed by atoms with Gasteiger partial charge in [-0.05, 0) is 31.0 Å². The van der Waals surface area contributed by atoms with Crippen LogP contribution in [0.15, 0.2) is 42.6 Å². The second-order valence-electron chi connectivity index (χ2n) is 7.46. The number of aryl methyl sites for hydroxylation is 2. The average Bonchev–Trinajstić information content (AvgIpc) is 2.97. The summed E-state index contributed by atoms with van der Waals surface area (Å²) in [4.78, 5) is 34.1. The van der Waals surface area contributed by atoms with Gasteiger partial charge in [0.15, 0.2) is 6.04 Å². The van der Waals surface area contributed by atoms with Crippen LogP contribution >= 0.6 is 0 Å². The van der Waals surface area contributed by atoms with Gasteiger partial charge in [-0.3, -0.25) is 14.5 Å². The van der Waals surface area contributed by atoms with E-state index in [1.165, 1.54) is 9.80 Å². The van der Waals surface area contributed by atoms with Crippen LogP contribution in [0.1, 0.15) is 17.5 Å². The third kappa shape index (κ3) is 3.21. The Hall–Kier alpha value is -2.73. The van der Waals surface area contributed by atoms with Crippen LogP contribution in [-0.4, -0.2) is 44.0 Å². The van der Waals surface area contributed by atoms with Gasteiger partial charge in [0.05, 0.1) is 18.3 Å². The fourth-order valence-corrected chi connectivity index (χ4v) is 4.31. The maximum Gasteiger partial charge on any atom is 0.292 e. The third-order valence-electron chi connectivity index (χ3n) is 5.74. The smallest absolute Gasteiger partial charge is 0.292 e. The van der Waals surface area contributed by atoms with E-state index >= 15 is 0 Å². The number of nitrogens with zero attached hydrogens (tertiary/aromatic N) is 2. The number of rotatable bonds is 3. The summed E-state index contributed by atoms with van der Waals surface area (Å²) in [5.41, 5.74) is 2.71. The lowest BCUT2D eigenvalue weighted by Gasteiger charge is -2.31. The van der Waals surface area contributed by atoms with Gasteiger partial charge in [-0.2, -0.15) is 0 Å². The molecule has 2 aliphatic rings. The molecule has 2 fully saturated rings. The highest BCUT2D eigenvalue weighted by atomic mass is 16.2. The van der Waals surface area contributed by atoms with Gasteiger partial charge in [0.25, 0.3) is 11.7 Å². The Kier molecular flexibility index (Phi) is 4.66. The molecule has 3 heterocycles. The summed E-state index contributed by atoms with van der Waals surface area (Å²) in [6.07, 6.45) is 2.23. The number of quaternary nitrogens is 1. The first kappa shape index (κ1) is 17.7. The second kappa shape index (κ2) is 7.12. The summed E-state index contributed by atoms with van der Waals surface area (Å²) in [5.74, 6) is 0.975. The summed E-state index contributed by atoms with van der Waals surface area (Å²) in [6, 6.07) is 11.7. The molecule has 1 aromatic carbocycles. The van der Waals surface area contributed by atoms with Crippen LogP contribution in [0.5, 0.6) is 0 Å². The Balaban J connectivity index is 1.49. The van der Waals surface area contributed by atoms with Crippen molar-refractivity contribution in [3.63, 3.8) is 0 Å². The minimum absolute atomic E-state index is 0.0490. The summed E-state index contributed by atoms with van der Waals surface area (Å²) in [5, 5.41) is 0. The summed E-state index contributed by atoms with van der Waals surface area (Å²) in [7, 11) is 0. The molecule has 0 spiro atoms. The average molecular weight is 366 g/mol. The molecule has 2 aliphatic heterocycles. The van der Waals surface area contributed by atoms with Crippen molar-refractivity contribution in [1.29, 1.82) is 0 Å². The number of anilines is 2. The molecule has 140 valence electrons. The zero-order chi connectivity index (χ0) is 19.0. The van der Waals surface area contributed by atoms with Crippen LogP contribution in [0.2, 0.25) is 0 Å². The molecule has 1 atom stereocenters. The Morgan fingerprint density at radius 3 is 2.33 bits per heavy atom. The van der Waals surface area contributed by atoms with Crippen LogP contribution in [-0.2, 0) is 9.59 Å². The molecule has 6 nitrogen and oxygen atoms in total. The lowest BCUT2D eigenvalue weighted by Crippen LogP contribution is -3.19. The molecule has 2 saturated heterocycles. The highest BCUT2D eigenvalue weighted by Crippen LogP contribution is 2.29. The van der Waals surface area contributed by atoms with Crippen LogP contribution in [0.4, 0.5) is 11.5 Å². The summed E-state index contributed by atoms with van der Waals surface area (Å²) in [6.45, 7) is 7.37. The van der Waals surface area contributed by atoms with Crippen LogP contribution in [0.3, 0.4) is 0 Å². The zero-order valence-corrected chi connectivity index (χ0v) is 15.9. The Labute approximate surface area is 159 Å². The number of H-pyrrole nitrogens is 1. The number of pyridine rings is 1. The molecule has 4 rings (SSSR count). The van der Waals surface area contributed by atoms with Gasteiger partial charge in [0.1, 0.15) is 26.2 Å². The van der Waals surface area contributed by atoms with Gasteiger partial charge in [0.2, 0.25) is 5.91 Å². The molecule has 0 aliphatic carbocycles. The number of carbonyl (C=O) groups excluding carboxylic acids is 2. The Morgan fingerprint density at radius 1 is 1.00 bits per heavy atom. The standard InChI is InChI=1S/C21H24N4O2/c1-15-6-5-7-16(2)20(15)25-19(26)14-17(21(25)27)23-10-12-24(13-11-23)18-8-3-4-9-22-18/h3-9,17H,10-14H2,1-2H3/p+2/t17-/m1/s1. The topological polar surface area (TPSA) is 59.2 Å². The molecule has 0 bridgehead atoms. The number of hydrogen-bond acceptors (Lipinski definition) is 3. The number of nitrogens with one attached hydrogen (secondary N) is 2. The van der Waals surface area contributed by atoms with E-state index in [0.29, 0.717) is 6.42 Å². The quantitative estimate of drug-likeness (QED) is 0.787. The molecule has 6 heteroatoms. The Bertz CT molecular complexity index is 839. The first-order valence-electron chi connectivity index (χ1n) is 9.55. The largest absolute Gasteiger partial charge is 0.318 e. The predicted molar refractivity (Wildman–Crippen MR) is 103 cm³/mol. The zero-order valence-electron chi connectivity index (χ0n) is 15.9. The Morgan fingerprint density at radius 2 is 1.70 bits per heavy atom. The number of aromatic amines is 1. The molecule has 1 aromatic heterocycles. The van der Waals surface area contributed by atoms with Crippen molar-refractivity contribution >= 4 is 23.3 Å². The number of aromatic nitrogens is 1. The number of carbonyl (C=O) groups is 2. The monoisotopic (exact) mass is 366 g/mol. The molecule has 2 amide bonds. The van der Waals surface area contributed by atoms with E-state index in [0.717, 1.165) is 48.8 Å². The number of benzene rings is 1. The van der Waals surface area contributed by atoms with E-state index in [1.54, 1.807) is 0 Å². The van der Waals surface area contributed by atoms with Gasteiger partial charge in [-0.15, -0.1) is 0 Å².